The van der Waals surface area contributed by atoms with Crippen LogP contribution in [0.3, 0.4) is 0 Å². The van der Waals surface area contributed by atoms with Crippen LogP contribution in [0.4, 0.5) is 0 Å². The summed E-state index contributed by atoms with van der Waals surface area (Å²) in [4.78, 5) is 17.9. The fourth-order valence-electron chi connectivity index (χ4n) is 2.35. The Morgan fingerprint density at radius 1 is 1.04 bits per heavy atom. The van der Waals surface area contributed by atoms with E-state index in [0.29, 0.717) is 13.0 Å². The quantitative estimate of drug-likeness (QED) is 0.753. The molecule has 1 N–H and O–H groups in total. The van der Waals surface area contributed by atoms with Gasteiger partial charge in [-0.3, -0.25) is 9.78 Å². The van der Waals surface area contributed by atoms with Crippen LogP contribution in [0, 0.1) is 0 Å². The van der Waals surface area contributed by atoms with Gasteiger partial charge in [-0.15, -0.1) is 0 Å². The van der Waals surface area contributed by atoms with E-state index in [4.69, 9.17) is 0 Å². The van der Waals surface area contributed by atoms with E-state index < -0.39 is 0 Å². The molecule has 0 radical (unpaired) electrons. The lowest BCUT2D eigenvalue weighted by molar-refractivity contribution is -0.121. The number of benzene rings is 1. The van der Waals surface area contributed by atoms with Crippen LogP contribution in [0.5, 0.6) is 0 Å². The summed E-state index contributed by atoms with van der Waals surface area (Å²) in [6.45, 7) is 0.482. The van der Waals surface area contributed by atoms with E-state index in [1.54, 1.807) is 29.6 Å². The van der Waals surface area contributed by atoms with Crippen LogP contribution >= 0.6 is 0 Å². The third-order valence-corrected chi connectivity index (χ3v) is 3.44. The summed E-state index contributed by atoms with van der Waals surface area (Å²) in [5.41, 5.74) is 1.90. The van der Waals surface area contributed by atoms with E-state index in [1.165, 1.54) is 0 Å². The Hall–Kier alpha value is -3.02. The zero-order valence-corrected chi connectivity index (χ0v) is 12.5. The Balaban J connectivity index is 1.72. The van der Waals surface area contributed by atoms with Crippen molar-refractivity contribution in [2.24, 2.45) is 0 Å². The second kappa shape index (κ2) is 7.31. The number of aromatic nitrogens is 4. The fourth-order valence-corrected chi connectivity index (χ4v) is 2.35. The van der Waals surface area contributed by atoms with Crippen LogP contribution in [0.2, 0.25) is 0 Å². The van der Waals surface area contributed by atoms with E-state index >= 15 is 0 Å². The molecule has 1 amide bonds. The lowest BCUT2D eigenvalue weighted by atomic mass is 10.1. The van der Waals surface area contributed by atoms with Gasteiger partial charge in [-0.2, -0.15) is 15.0 Å². The molecule has 6 heteroatoms. The van der Waals surface area contributed by atoms with Crippen LogP contribution in [0.1, 0.15) is 17.2 Å². The van der Waals surface area contributed by atoms with Gasteiger partial charge in [0.1, 0.15) is 0 Å². The average Bonchev–Trinajstić information content (AvgIpc) is 3.09. The minimum Gasteiger partial charge on any atom is -0.347 e. The highest BCUT2D eigenvalue weighted by Gasteiger charge is 2.16. The number of hydrogen-bond donors (Lipinski definition) is 1. The van der Waals surface area contributed by atoms with Gasteiger partial charge in [0.05, 0.1) is 31.4 Å². The Bertz CT molecular complexity index is 728. The van der Waals surface area contributed by atoms with Crippen molar-refractivity contribution >= 4 is 5.91 Å². The van der Waals surface area contributed by atoms with Crippen molar-refractivity contribution in [2.45, 2.75) is 19.0 Å². The SMILES string of the molecule is O=C(Cc1cccnc1)NC(Cn1nccn1)c1ccccc1. The molecule has 2 aromatic heterocycles. The number of carbonyl (C=O) groups excluding carboxylic acids is 1. The van der Waals surface area contributed by atoms with Gasteiger partial charge in [-0.25, -0.2) is 0 Å². The highest BCUT2D eigenvalue weighted by atomic mass is 16.1. The van der Waals surface area contributed by atoms with Gasteiger partial charge in [-0.05, 0) is 17.2 Å². The van der Waals surface area contributed by atoms with Crippen molar-refractivity contribution in [1.29, 1.82) is 0 Å². The maximum Gasteiger partial charge on any atom is 0.225 e. The molecule has 0 spiro atoms. The average molecular weight is 307 g/mol. The molecular weight excluding hydrogens is 290 g/mol. The molecule has 116 valence electrons. The first kappa shape index (κ1) is 14.9. The van der Waals surface area contributed by atoms with Crippen LogP contribution in [0.15, 0.2) is 67.3 Å². The first-order valence-electron chi connectivity index (χ1n) is 7.38. The first-order valence-corrected chi connectivity index (χ1v) is 7.38. The van der Waals surface area contributed by atoms with E-state index in [9.17, 15) is 4.79 Å². The third kappa shape index (κ3) is 4.23. The number of hydrogen-bond acceptors (Lipinski definition) is 4. The molecule has 0 saturated carbocycles. The molecule has 1 atom stereocenters. The molecule has 0 aliphatic heterocycles. The molecule has 0 saturated heterocycles. The molecule has 3 aromatic rings. The van der Waals surface area contributed by atoms with Crippen molar-refractivity contribution < 1.29 is 4.79 Å². The monoisotopic (exact) mass is 307 g/mol. The lowest BCUT2D eigenvalue weighted by Gasteiger charge is -2.18. The Kier molecular flexibility index (Phi) is 4.73. The van der Waals surface area contributed by atoms with Gasteiger partial charge < -0.3 is 5.32 Å². The highest BCUT2D eigenvalue weighted by molar-refractivity contribution is 5.78. The molecule has 3 rings (SSSR count). The maximum atomic E-state index is 12.3. The molecule has 1 unspecified atom stereocenters. The van der Waals surface area contributed by atoms with Crippen molar-refractivity contribution in [3.8, 4) is 0 Å². The summed E-state index contributed by atoms with van der Waals surface area (Å²) >= 11 is 0. The minimum absolute atomic E-state index is 0.0565. The van der Waals surface area contributed by atoms with E-state index in [2.05, 4.69) is 20.5 Å². The lowest BCUT2D eigenvalue weighted by Crippen LogP contribution is -2.33. The normalized spacial score (nSPS) is 11.8. The molecule has 0 bridgehead atoms. The molecule has 6 nitrogen and oxygen atoms in total. The number of carbonyl (C=O) groups is 1. The van der Waals surface area contributed by atoms with Gasteiger partial charge in [-0.1, -0.05) is 36.4 Å². The minimum atomic E-state index is -0.187. The van der Waals surface area contributed by atoms with Gasteiger partial charge in [0.15, 0.2) is 0 Å². The van der Waals surface area contributed by atoms with E-state index in [1.807, 2.05) is 42.5 Å². The van der Waals surface area contributed by atoms with Gasteiger partial charge in [0.25, 0.3) is 0 Å². The predicted molar refractivity (Wildman–Crippen MR) is 85.3 cm³/mol. The molecule has 0 aliphatic carbocycles. The molecule has 1 aromatic carbocycles. The predicted octanol–water partition coefficient (Wildman–Crippen LogP) is 1.77. The highest BCUT2D eigenvalue weighted by Crippen LogP contribution is 2.14. The van der Waals surface area contributed by atoms with Crippen molar-refractivity contribution in [3.63, 3.8) is 0 Å². The summed E-state index contributed by atoms with van der Waals surface area (Å²) in [6, 6.07) is 13.3. The van der Waals surface area contributed by atoms with Gasteiger partial charge >= 0.3 is 0 Å². The van der Waals surface area contributed by atoms with E-state index in [0.717, 1.165) is 11.1 Å². The maximum absolute atomic E-state index is 12.3. The van der Waals surface area contributed by atoms with Crippen molar-refractivity contribution in [1.82, 2.24) is 25.3 Å². The molecule has 2 heterocycles. The Morgan fingerprint density at radius 2 is 1.83 bits per heavy atom. The second-order valence-corrected chi connectivity index (χ2v) is 5.15. The third-order valence-electron chi connectivity index (χ3n) is 3.44. The number of pyridine rings is 1. The zero-order chi connectivity index (χ0) is 15.9. The Labute approximate surface area is 134 Å². The van der Waals surface area contributed by atoms with Gasteiger partial charge in [0.2, 0.25) is 5.91 Å². The summed E-state index contributed by atoms with van der Waals surface area (Å²) in [5.74, 6) is -0.0565. The van der Waals surface area contributed by atoms with Crippen LogP contribution in [0.25, 0.3) is 0 Å². The van der Waals surface area contributed by atoms with Crippen LogP contribution < -0.4 is 5.32 Å². The number of nitrogens with one attached hydrogen (secondary N) is 1. The largest absolute Gasteiger partial charge is 0.347 e. The van der Waals surface area contributed by atoms with Crippen LogP contribution in [-0.4, -0.2) is 25.9 Å². The summed E-state index contributed by atoms with van der Waals surface area (Å²) in [6.07, 6.45) is 6.94. The Morgan fingerprint density at radius 3 is 2.52 bits per heavy atom. The second-order valence-electron chi connectivity index (χ2n) is 5.15. The topological polar surface area (TPSA) is 72.7 Å². The van der Waals surface area contributed by atoms with Crippen LogP contribution in [-0.2, 0) is 17.8 Å². The number of rotatable bonds is 6. The van der Waals surface area contributed by atoms with E-state index in [-0.39, 0.29) is 11.9 Å². The number of amides is 1. The smallest absolute Gasteiger partial charge is 0.225 e. The molecule has 0 fully saturated rings. The molecule has 23 heavy (non-hydrogen) atoms. The summed E-state index contributed by atoms with van der Waals surface area (Å²) in [5, 5.41) is 11.3. The van der Waals surface area contributed by atoms with Crippen molar-refractivity contribution in [3.05, 3.63) is 78.4 Å². The van der Waals surface area contributed by atoms with Crippen molar-refractivity contribution in [2.75, 3.05) is 0 Å². The fraction of sp³-hybridized carbons (Fsp3) is 0.176. The van der Waals surface area contributed by atoms with Gasteiger partial charge in [0, 0.05) is 12.4 Å². The summed E-state index contributed by atoms with van der Waals surface area (Å²) in [7, 11) is 0. The molecule has 0 aliphatic rings. The standard InChI is InChI=1S/C17H17N5O/c23-17(11-14-5-4-8-18-12-14)21-16(13-22-19-9-10-20-22)15-6-2-1-3-7-15/h1-10,12,16H,11,13H2,(H,21,23). The zero-order valence-electron chi connectivity index (χ0n) is 12.5. The summed E-state index contributed by atoms with van der Waals surface area (Å²) < 4.78 is 0. The number of nitrogens with zero attached hydrogens (tertiary/aromatic N) is 4. The first-order chi connectivity index (χ1) is 11.3. The molecular formula is C17H17N5O.